The minimum Gasteiger partial charge on any atom is -0.462 e. The molecule has 0 radical (unpaired) electrons. The van der Waals surface area contributed by atoms with Crippen LogP contribution < -0.4 is 0 Å². The number of carbonyl (C=O) groups excluding carboxylic acids is 2. The molecular formula is C22H31NO5. The second-order valence-electron chi connectivity index (χ2n) is 8.42. The van der Waals surface area contributed by atoms with Crippen molar-refractivity contribution in [2.24, 2.45) is 5.92 Å². The minimum atomic E-state index is -0.668. The quantitative estimate of drug-likeness (QED) is 0.722. The van der Waals surface area contributed by atoms with E-state index in [-0.39, 0.29) is 42.8 Å². The highest BCUT2D eigenvalue weighted by molar-refractivity contribution is 5.78. The number of piperidine rings is 1. The van der Waals surface area contributed by atoms with Crippen LogP contribution in [0, 0.1) is 5.92 Å². The van der Waals surface area contributed by atoms with Crippen LogP contribution in [0.2, 0.25) is 0 Å². The molecule has 0 aliphatic carbocycles. The first-order valence-corrected chi connectivity index (χ1v) is 10.2. The standard InChI is InChI=1S/C22H31NO5/c1-14(2)9-21(25)28-20-11-16-10-17(12-19(20)23(16)3)27-22(26)18(13-24)15-7-5-4-6-8-15/h4-8,14,16-20,24H,9-13H2,1-3H3/t16?,17-,18?,19?,20+/m1/s1. The summed E-state index contributed by atoms with van der Waals surface area (Å²) >= 11 is 0. The summed E-state index contributed by atoms with van der Waals surface area (Å²) in [5.74, 6) is -0.943. The van der Waals surface area contributed by atoms with E-state index in [0.29, 0.717) is 12.8 Å². The Bertz CT molecular complexity index is 677. The molecule has 1 aromatic rings. The second-order valence-corrected chi connectivity index (χ2v) is 8.42. The largest absolute Gasteiger partial charge is 0.462 e. The first-order chi connectivity index (χ1) is 13.4. The number of likely N-dealkylation sites (N-methyl/N-ethyl adjacent to an activating group) is 1. The molecule has 0 aromatic heterocycles. The van der Waals surface area contributed by atoms with Gasteiger partial charge < -0.3 is 14.6 Å². The number of carbonyl (C=O) groups is 2. The predicted molar refractivity (Wildman–Crippen MR) is 105 cm³/mol. The third-order valence-corrected chi connectivity index (χ3v) is 5.88. The lowest BCUT2D eigenvalue weighted by molar-refractivity contribution is -0.158. The van der Waals surface area contributed by atoms with Crippen LogP contribution in [-0.2, 0) is 19.1 Å². The highest BCUT2D eigenvalue weighted by atomic mass is 16.6. The number of fused-ring (bicyclic) bond motifs is 2. The van der Waals surface area contributed by atoms with E-state index < -0.39 is 11.9 Å². The SMILES string of the molecule is CC(C)CC(=O)O[C@H]1CC2C[C@@H](OC(=O)C(CO)c3ccccc3)CC1N2C. The summed E-state index contributed by atoms with van der Waals surface area (Å²) in [6.07, 6.45) is 2.21. The topological polar surface area (TPSA) is 76.1 Å². The Balaban J connectivity index is 1.60. The summed E-state index contributed by atoms with van der Waals surface area (Å²) in [5, 5.41) is 9.68. The molecule has 1 aromatic carbocycles. The lowest BCUT2D eigenvalue weighted by Gasteiger charge is -2.36. The van der Waals surface area contributed by atoms with Crippen LogP contribution in [0.15, 0.2) is 30.3 Å². The number of hydrogen-bond donors (Lipinski definition) is 1. The lowest BCUT2D eigenvalue weighted by Crippen LogP contribution is -2.46. The van der Waals surface area contributed by atoms with Gasteiger partial charge in [-0.3, -0.25) is 14.5 Å². The van der Waals surface area contributed by atoms with Crippen molar-refractivity contribution in [2.45, 2.75) is 69.7 Å². The number of rotatable bonds is 7. The third-order valence-electron chi connectivity index (χ3n) is 5.88. The molecule has 1 N–H and O–H groups in total. The van der Waals surface area contributed by atoms with Crippen molar-refractivity contribution in [1.29, 1.82) is 0 Å². The van der Waals surface area contributed by atoms with E-state index in [1.807, 2.05) is 51.2 Å². The molecule has 2 heterocycles. The van der Waals surface area contributed by atoms with Gasteiger partial charge in [-0.15, -0.1) is 0 Å². The van der Waals surface area contributed by atoms with Crippen LogP contribution in [0.25, 0.3) is 0 Å². The first-order valence-electron chi connectivity index (χ1n) is 10.2. The Morgan fingerprint density at radius 2 is 1.86 bits per heavy atom. The molecule has 2 bridgehead atoms. The molecule has 0 amide bonds. The molecule has 0 saturated carbocycles. The molecule has 3 rings (SSSR count). The van der Waals surface area contributed by atoms with E-state index in [9.17, 15) is 14.7 Å². The van der Waals surface area contributed by atoms with Crippen LogP contribution in [0.5, 0.6) is 0 Å². The van der Waals surface area contributed by atoms with Crippen molar-refractivity contribution in [3.8, 4) is 0 Å². The van der Waals surface area contributed by atoms with Gasteiger partial charge in [0, 0.05) is 31.7 Å². The maximum Gasteiger partial charge on any atom is 0.316 e. The van der Waals surface area contributed by atoms with Gasteiger partial charge in [-0.2, -0.15) is 0 Å². The summed E-state index contributed by atoms with van der Waals surface area (Å²) < 4.78 is 11.5. The smallest absolute Gasteiger partial charge is 0.316 e. The molecule has 2 aliphatic rings. The van der Waals surface area contributed by atoms with E-state index in [2.05, 4.69) is 4.90 Å². The molecule has 6 nitrogen and oxygen atoms in total. The monoisotopic (exact) mass is 389 g/mol. The fourth-order valence-corrected chi connectivity index (χ4v) is 4.40. The molecule has 2 aliphatic heterocycles. The average molecular weight is 389 g/mol. The Kier molecular flexibility index (Phi) is 6.73. The van der Waals surface area contributed by atoms with Crippen LogP contribution in [0.1, 0.15) is 51.0 Å². The Morgan fingerprint density at radius 3 is 2.50 bits per heavy atom. The molecule has 2 fully saturated rings. The number of aliphatic hydroxyl groups excluding tert-OH is 1. The number of esters is 2. The fourth-order valence-electron chi connectivity index (χ4n) is 4.40. The maximum absolute atomic E-state index is 12.7. The van der Waals surface area contributed by atoms with Crippen molar-refractivity contribution < 1.29 is 24.2 Å². The van der Waals surface area contributed by atoms with Crippen LogP contribution >= 0.6 is 0 Å². The molecule has 2 saturated heterocycles. The number of nitrogens with zero attached hydrogens (tertiary/aromatic N) is 1. The predicted octanol–water partition coefficient (Wildman–Crippen LogP) is 2.50. The Labute approximate surface area is 166 Å². The van der Waals surface area contributed by atoms with Gasteiger partial charge in [-0.05, 0) is 18.5 Å². The van der Waals surface area contributed by atoms with Gasteiger partial charge in [-0.25, -0.2) is 0 Å². The molecule has 5 atom stereocenters. The van der Waals surface area contributed by atoms with Crippen molar-refractivity contribution in [1.82, 2.24) is 4.90 Å². The molecule has 28 heavy (non-hydrogen) atoms. The number of hydrogen-bond acceptors (Lipinski definition) is 6. The van der Waals surface area contributed by atoms with E-state index >= 15 is 0 Å². The van der Waals surface area contributed by atoms with Gasteiger partial charge in [0.15, 0.2) is 0 Å². The molecule has 0 spiro atoms. The summed E-state index contributed by atoms with van der Waals surface area (Å²) in [7, 11) is 2.05. The summed E-state index contributed by atoms with van der Waals surface area (Å²) in [5.41, 5.74) is 0.756. The van der Waals surface area contributed by atoms with Crippen LogP contribution in [0.4, 0.5) is 0 Å². The number of ether oxygens (including phenoxy) is 2. The highest BCUT2D eigenvalue weighted by Gasteiger charge is 2.48. The molecule has 6 heteroatoms. The van der Waals surface area contributed by atoms with Gasteiger partial charge in [0.2, 0.25) is 0 Å². The normalized spacial score (nSPS) is 28.2. The van der Waals surface area contributed by atoms with Gasteiger partial charge >= 0.3 is 11.9 Å². The summed E-state index contributed by atoms with van der Waals surface area (Å²) in [6.45, 7) is 3.72. The zero-order valence-corrected chi connectivity index (χ0v) is 16.9. The van der Waals surface area contributed by atoms with Gasteiger partial charge in [0.05, 0.1) is 12.6 Å². The molecule has 154 valence electrons. The van der Waals surface area contributed by atoms with Crippen LogP contribution in [0.3, 0.4) is 0 Å². The Morgan fingerprint density at radius 1 is 1.14 bits per heavy atom. The Hall–Kier alpha value is -1.92. The number of aliphatic hydroxyl groups is 1. The van der Waals surface area contributed by atoms with E-state index in [0.717, 1.165) is 18.4 Å². The number of benzene rings is 1. The van der Waals surface area contributed by atoms with Crippen LogP contribution in [-0.4, -0.2) is 59.9 Å². The zero-order valence-electron chi connectivity index (χ0n) is 16.9. The van der Waals surface area contributed by atoms with Crippen molar-refractivity contribution >= 4 is 11.9 Å². The van der Waals surface area contributed by atoms with Crippen molar-refractivity contribution in [2.75, 3.05) is 13.7 Å². The van der Waals surface area contributed by atoms with Crippen molar-refractivity contribution in [3.05, 3.63) is 35.9 Å². The third kappa shape index (κ3) is 4.73. The molecular weight excluding hydrogens is 358 g/mol. The first kappa shape index (κ1) is 20.8. The lowest BCUT2D eigenvalue weighted by atomic mass is 9.98. The van der Waals surface area contributed by atoms with Gasteiger partial charge in [-0.1, -0.05) is 44.2 Å². The van der Waals surface area contributed by atoms with Gasteiger partial charge in [0.1, 0.15) is 18.1 Å². The second kappa shape index (κ2) is 9.05. The fraction of sp³-hybridized carbons (Fsp3) is 0.636. The average Bonchev–Trinajstić information content (AvgIpc) is 2.81. The highest BCUT2D eigenvalue weighted by Crippen LogP contribution is 2.38. The maximum atomic E-state index is 12.7. The van der Waals surface area contributed by atoms with Gasteiger partial charge in [0.25, 0.3) is 0 Å². The van der Waals surface area contributed by atoms with E-state index in [1.165, 1.54) is 0 Å². The zero-order chi connectivity index (χ0) is 20.3. The summed E-state index contributed by atoms with van der Waals surface area (Å²) in [4.78, 5) is 27.0. The summed E-state index contributed by atoms with van der Waals surface area (Å²) in [6, 6.07) is 9.51. The van der Waals surface area contributed by atoms with E-state index in [4.69, 9.17) is 9.47 Å². The molecule has 3 unspecified atom stereocenters. The minimum absolute atomic E-state index is 0.0666. The van der Waals surface area contributed by atoms with Crippen molar-refractivity contribution in [3.63, 3.8) is 0 Å². The van der Waals surface area contributed by atoms with E-state index in [1.54, 1.807) is 0 Å².